The number of benzene rings is 2. The molecule has 1 heterocycles. The normalized spacial score (nSPS) is 23.6. The van der Waals surface area contributed by atoms with Gasteiger partial charge in [0.25, 0.3) is 0 Å². The number of nitrogens with zero attached hydrogens (tertiary/aromatic N) is 1. The van der Waals surface area contributed by atoms with Crippen LogP contribution >= 0.6 is 7.14 Å². The summed E-state index contributed by atoms with van der Waals surface area (Å²) >= 11 is 0. The largest absolute Gasteiger partial charge is 0.390 e. The summed E-state index contributed by atoms with van der Waals surface area (Å²) in [6.45, 7) is 3.03. The van der Waals surface area contributed by atoms with Crippen LogP contribution in [0.25, 0.3) is 0 Å². The molecule has 2 aromatic carbocycles. The van der Waals surface area contributed by atoms with Gasteiger partial charge in [0.15, 0.2) is 0 Å². The average molecular weight is 393 g/mol. The van der Waals surface area contributed by atoms with Crippen molar-refractivity contribution in [3.8, 4) is 0 Å². The Balaban J connectivity index is 1.57. The maximum atomic E-state index is 14.3. The van der Waals surface area contributed by atoms with Gasteiger partial charge in [0.1, 0.15) is 7.14 Å². The maximum Gasteiger partial charge on any atom is 0.144 e. The average Bonchev–Trinajstić information content (AvgIpc) is 3.35. The Morgan fingerprint density at radius 2 is 1.54 bits per heavy atom. The Bertz CT molecular complexity index is 838. The van der Waals surface area contributed by atoms with Crippen LogP contribution in [0.2, 0.25) is 0 Å². The summed E-state index contributed by atoms with van der Waals surface area (Å²) in [6.07, 6.45) is 9.24. The van der Waals surface area contributed by atoms with Gasteiger partial charge in [-0.05, 0) is 6.42 Å². The van der Waals surface area contributed by atoms with E-state index in [9.17, 15) is 9.67 Å². The molecular weight excluding hydrogens is 365 g/mol. The Labute approximate surface area is 167 Å². The molecule has 0 aromatic heterocycles. The molecule has 1 fully saturated rings. The number of rotatable bonds is 8. The summed E-state index contributed by atoms with van der Waals surface area (Å²) < 4.78 is 14.3. The Kier molecular flexibility index (Phi) is 5.68. The van der Waals surface area contributed by atoms with Crippen molar-refractivity contribution in [2.75, 3.05) is 12.7 Å². The van der Waals surface area contributed by atoms with E-state index in [-0.39, 0.29) is 18.0 Å². The van der Waals surface area contributed by atoms with Gasteiger partial charge in [-0.25, -0.2) is 0 Å². The lowest BCUT2D eigenvalue weighted by Gasteiger charge is -2.27. The molecule has 28 heavy (non-hydrogen) atoms. The van der Waals surface area contributed by atoms with Gasteiger partial charge < -0.3 is 9.67 Å². The summed E-state index contributed by atoms with van der Waals surface area (Å²) in [6, 6.07) is 20.1. The molecule has 1 saturated heterocycles. The van der Waals surface area contributed by atoms with E-state index < -0.39 is 13.2 Å². The SMILES string of the molecule is CC[C@H](CP(=O)(c1ccccc1)c1ccccc1)N1C[C@H]1[C@H](O)C1C=CC=C1. The molecule has 0 bridgehead atoms. The highest BCUT2D eigenvalue weighted by atomic mass is 31.2. The van der Waals surface area contributed by atoms with Crippen molar-refractivity contribution in [3.63, 3.8) is 0 Å². The van der Waals surface area contributed by atoms with Gasteiger partial charge in [0.2, 0.25) is 0 Å². The summed E-state index contributed by atoms with van der Waals surface area (Å²) in [5.41, 5.74) is 0. The second-order valence-electron chi connectivity index (χ2n) is 7.76. The molecule has 4 atom stereocenters. The van der Waals surface area contributed by atoms with Crippen LogP contribution in [-0.2, 0) is 4.57 Å². The van der Waals surface area contributed by atoms with Crippen LogP contribution < -0.4 is 10.6 Å². The minimum atomic E-state index is -2.74. The van der Waals surface area contributed by atoms with Gasteiger partial charge in [-0.2, -0.15) is 0 Å². The van der Waals surface area contributed by atoms with E-state index in [4.69, 9.17) is 0 Å². The van der Waals surface area contributed by atoms with Crippen LogP contribution in [0, 0.1) is 5.92 Å². The van der Waals surface area contributed by atoms with Gasteiger partial charge >= 0.3 is 0 Å². The molecule has 0 spiro atoms. The highest BCUT2D eigenvalue weighted by molar-refractivity contribution is 7.78. The van der Waals surface area contributed by atoms with Crippen LogP contribution in [0.4, 0.5) is 0 Å². The van der Waals surface area contributed by atoms with Gasteiger partial charge in [0, 0.05) is 41.3 Å². The lowest BCUT2D eigenvalue weighted by Crippen LogP contribution is -2.34. The van der Waals surface area contributed by atoms with E-state index in [0.29, 0.717) is 6.16 Å². The fourth-order valence-electron chi connectivity index (χ4n) is 4.29. The number of aliphatic hydroxyl groups is 1. The summed E-state index contributed by atoms with van der Waals surface area (Å²) in [5.74, 6) is 0.0996. The lowest BCUT2D eigenvalue weighted by atomic mass is 10.0. The van der Waals surface area contributed by atoms with Gasteiger partial charge in [-0.15, -0.1) is 0 Å². The van der Waals surface area contributed by atoms with Crippen molar-refractivity contribution in [2.24, 2.45) is 5.92 Å². The zero-order chi connectivity index (χ0) is 19.6. The molecule has 1 N–H and O–H groups in total. The Morgan fingerprint density at radius 3 is 2.04 bits per heavy atom. The van der Waals surface area contributed by atoms with E-state index in [2.05, 4.69) is 24.0 Å². The van der Waals surface area contributed by atoms with E-state index >= 15 is 0 Å². The smallest absolute Gasteiger partial charge is 0.144 e. The Morgan fingerprint density at radius 1 is 1.00 bits per heavy atom. The topological polar surface area (TPSA) is 40.3 Å². The van der Waals surface area contributed by atoms with Crippen molar-refractivity contribution >= 4 is 17.8 Å². The minimum absolute atomic E-state index is 0.0996. The third-order valence-electron chi connectivity index (χ3n) is 6.01. The second-order valence-corrected chi connectivity index (χ2v) is 10.6. The van der Waals surface area contributed by atoms with Crippen molar-refractivity contribution in [1.29, 1.82) is 0 Å². The van der Waals surface area contributed by atoms with E-state index in [0.717, 1.165) is 23.6 Å². The minimum Gasteiger partial charge on any atom is -0.390 e. The molecule has 0 amide bonds. The van der Waals surface area contributed by atoms with E-state index in [1.54, 1.807) is 0 Å². The molecule has 0 radical (unpaired) electrons. The van der Waals surface area contributed by atoms with Gasteiger partial charge in [-0.3, -0.25) is 4.90 Å². The molecule has 1 aliphatic carbocycles. The third-order valence-corrected chi connectivity index (χ3v) is 9.21. The zero-order valence-corrected chi connectivity index (χ0v) is 17.2. The van der Waals surface area contributed by atoms with Crippen molar-refractivity contribution in [2.45, 2.75) is 31.5 Å². The molecule has 0 saturated carbocycles. The van der Waals surface area contributed by atoms with Crippen LogP contribution in [-0.4, -0.2) is 40.9 Å². The molecule has 3 nitrogen and oxygen atoms in total. The maximum absolute atomic E-state index is 14.3. The monoisotopic (exact) mass is 393 g/mol. The molecule has 4 heteroatoms. The second kappa shape index (κ2) is 8.21. The zero-order valence-electron chi connectivity index (χ0n) is 16.3. The highest BCUT2D eigenvalue weighted by Gasteiger charge is 2.47. The molecule has 2 aliphatic rings. The summed E-state index contributed by atoms with van der Waals surface area (Å²) in [7, 11) is -2.74. The van der Waals surface area contributed by atoms with Crippen molar-refractivity contribution < 1.29 is 9.67 Å². The number of allylic oxidation sites excluding steroid dienone is 2. The van der Waals surface area contributed by atoms with Crippen LogP contribution in [0.5, 0.6) is 0 Å². The predicted octanol–water partition coefficient (Wildman–Crippen LogP) is 3.57. The molecule has 4 rings (SSSR count). The molecular formula is C24H28NO2P. The van der Waals surface area contributed by atoms with E-state index in [1.165, 1.54) is 0 Å². The quantitative estimate of drug-likeness (QED) is 0.551. The predicted molar refractivity (Wildman–Crippen MR) is 117 cm³/mol. The van der Waals surface area contributed by atoms with Crippen LogP contribution in [0.1, 0.15) is 13.3 Å². The first-order chi connectivity index (χ1) is 13.6. The fraction of sp³-hybridized carbons (Fsp3) is 0.333. The van der Waals surface area contributed by atoms with Crippen LogP contribution in [0.15, 0.2) is 85.0 Å². The van der Waals surface area contributed by atoms with E-state index in [1.807, 2.05) is 72.8 Å². The summed E-state index contributed by atoms with van der Waals surface area (Å²) in [4.78, 5) is 2.34. The first-order valence-corrected chi connectivity index (χ1v) is 12.0. The molecule has 1 aliphatic heterocycles. The first kappa shape index (κ1) is 19.4. The molecule has 146 valence electrons. The van der Waals surface area contributed by atoms with Gasteiger partial charge in [-0.1, -0.05) is 91.9 Å². The standard InChI is InChI=1S/C24H28NO2P/c1-2-20(25-17-23(25)24(26)19-11-9-10-12-19)18-28(27,21-13-5-3-6-14-21)22-15-7-4-8-16-22/h3-16,19-20,23-24,26H,2,17-18H2,1H3/t20-,23+,24-,25?/m1/s1. The number of hydrogen-bond donors (Lipinski definition) is 1. The van der Waals surface area contributed by atoms with Crippen molar-refractivity contribution in [1.82, 2.24) is 4.90 Å². The molecule has 1 unspecified atom stereocenters. The molecule has 2 aromatic rings. The fourth-order valence-corrected chi connectivity index (χ4v) is 7.38. The highest BCUT2D eigenvalue weighted by Crippen LogP contribution is 2.46. The first-order valence-electron chi connectivity index (χ1n) is 10.1. The van der Waals surface area contributed by atoms with Gasteiger partial charge in [0.05, 0.1) is 6.10 Å². The number of aliphatic hydroxyl groups excluding tert-OH is 1. The van der Waals surface area contributed by atoms with Crippen LogP contribution in [0.3, 0.4) is 0 Å². The van der Waals surface area contributed by atoms with Crippen molar-refractivity contribution in [3.05, 3.63) is 85.0 Å². The third kappa shape index (κ3) is 3.80. The summed E-state index contributed by atoms with van der Waals surface area (Å²) in [5, 5.41) is 12.6. The number of hydrogen-bond acceptors (Lipinski definition) is 3. The Hall–Kier alpha value is -1.93. The lowest BCUT2D eigenvalue weighted by molar-refractivity contribution is 0.126.